The highest BCUT2D eigenvalue weighted by Crippen LogP contribution is 2.30. The van der Waals surface area contributed by atoms with Gasteiger partial charge in [-0.25, -0.2) is 0 Å². The van der Waals surface area contributed by atoms with Crippen LogP contribution in [0.15, 0.2) is 0 Å². The summed E-state index contributed by atoms with van der Waals surface area (Å²) in [5, 5.41) is 0. The fourth-order valence-corrected chi connectivity index (χ4v) is 3.63. The molecule has 0 aromatic heterocycles. The molecule has 0 radical (unpaired) electrons. The Kier molecular flexibility index (Phi) is 3.56. The van der Waals surface area contributed by atoms with Crippen LogP contribution in [0, 0.1) is 0 Å². The predicted molar refractivity (Wildman–Crippen MR) is 60.4 cm³/mol. The topological polar surface area (TPSA) is 3.24 Å². The van der Waals surface area contributed by atoms with Crippen LogP contribution in [0.4, 0.5) is 0 Å². The number of hydrogen-bond donors (Lipinski definition) is 0. The van der Waals surface area contributed by atoms with Crippen molar-refractivity contribution in [2.24, 2.45) is 0 Å². The van der Waals surface area contributed by atoms with Gasteiger partial charge in [0.1, 0.15) is 0 Å². The predicted octanol–water partition coefficient (Wildman–Crippen LogP) is 2.76. The van der Waals surface area contributed by atoms with Crippen molar-refractivity contribution in [2.75, 3.05) is 18.1 Å². The first-order chi connectivity index (χ1) is 6.42. The molecule has 13 heavy (non-hydrogen) atoms. The zero-order valence-corrected chi connectivity index (χ0v) is 9.48. The van der Waals surface area contributed by atoms with Crippen molar-refractivity contribution in [1.82, 2.24) is 4.90 Å². The van der Waals surface area contributed by atoms with Crippen molar-refractivity contribution in [3.05, 3.63) is 0 Å². The van der Waals surface area contributed by atoms with Gasteiger partial charge in [0, 0.05) is 12.1 Å². The van der Waals surface area contributed by atoms with Gasteiger partial charge in [0.15, 0.2) is 0 Å². The van der Waals surface area contributed by atoms with Crippen LogP contribution in [0.2, 0.25) is 0 Å². The Hall–Kier alpha value is 0.310. The summed E-state index contributed by atoms with van der Waals surface area (Å²) in [6, 6.07) is 1.88. The summed E-state index contributed by atoms with van der Waals surface area (Å²) in [7, 11) is 0. The van der Waals surface area contributed by atoms with Gasteiger partial charge in [0.05, 0.1) is 0 Å². The maximum atomic E-state index is 2.78. The van der Waals surface area contributed by atoms with Crippen LogP contribution in [-0.2, 0) is 0 Å². The molecule has 76 valence electrons. The molecule has 2 rings (SSSR count). The Morgan fingerprint density at radius 2 is 1.69 bits per heavy atom. The second-order valence-electron chi connectivity index (χ2n) is 4.26. The summed E-state index contributed by atoms with van der Waals surface area (Å²) in [5.41, 5.74) is 0. The Morgan fingerprint density at radius 3 is 2.15 bits per heavy atom. The summed E-state index contributed by atoms with van der Waals surface area (Å²) in [6.07, 6.45) is 7.29. The fraction of sp³-hybridized carbons (Fsp3) is 1.00. The number of rotatable bonds is 3. The Labute approximate surface area is 86.3 Å². The van der Waals surface area contributed by atoms with E-state index in [1.807, 2.05) is 0 Å². The fourth-order valence-electron chi connectivity index (χ4n) is 2.55. The van der Waals surface area contributed by atoms with Gasteiger partial charge in [-0.1, -0.05) is 13.3 Å². The van der Waals surface area contributed by atoms with Crippen LogP contribution < -0.4 is 0 Å². The Bertz CT molecular complexity index is 150. The molecule has 2 aliphatic rings. The lowest BCUT2D eigenvalue weighted by Gasteiger charge is -2.43. The molecule has 0 spiro atoms. The molecule has 1 nitrogen and oxygen atoms in total. The summed E-state index contributed by atoms with van der Waals surface area (Å²) < 4.78 is 0. The molecule has 1 aliphatic carbocycles. The van der Waals surface area contributed by atoms with E-state index in [0.717, 1.165) is 12.1 Å². The zero-order valence-electron chi connectivity index (χ0n) is 8.67. The minimum atomic E-state index is 0.927. The largest absolute Gasteiger partial charge is 0.298 e. The standard InChI is InChI=1S/C11H21NS/c1-2-12(10-4-3-5-10)11-6-8-13-9-7-11/h10-11H,2-9H2,1H3. The van der Waals surface area contributed by atoms with Crippen molar-refractivity contribution < 1.29 is 0 Å². The van der Waals surface area contributed by atoms with Crippen molar-refractivity contribution in [3.63, 3.8) is 0 Å². The smallest absolute Gasteiger partial charge is 0.0114 e. The molecule has 2 heteroatoms. The lowest BCUT2D eigenvalue weighted by atomic mass is 9.89. The first-order valence-electron chi connectivity index (χ1n) is 5.75. The van der Waals surface area contributed by atoms with Crippen LogP contribution in [0.1, 0.15) is 39.0 Å². The van der Waals surface area contributed by atoms with Gasteiger partial charge in [-0.3, -0.25) is 4.90 Å². The Morgan fingerprint density at radius 1 is 1.08 bits per heavy atom. The molecule has 1 saturated heterocycles. The second-order valence-corrected chi connectivity index (χ2v) is 5.48. The van der Waals surface area contributed by atoms with E-state index in [0.29, 0.717) is 0 Å². The maximum absolute atomic E-state index is 2.78. The quantitative estimate of drug-likeness (QED) is 0.687. The van der Waals surface area contributed by atoms with Crippen LogP contribution in [0.5, 0.6) is 0 Å². The molecule has 0 N–H and O–H groups in total. The summed E-state index contributed by atoms with van der Waals surface area (Å²) in [4.78, 5) is 2.78. The average Bonchev–Trinajstić information content (AvgIpc) is 2.12. The molecule has 2 fully saturated rings. The van der Waals surface area contributed by atoms with Crippen molar-refractivity contribution >= 4 is 11.8 Å². The molecule has 1 saturated carbocycles. The van der Waals surface area contributed by atoms with Gasteiger partial charge >= 0.3 is 0 Å². The third-order valence-electron chi connectivity index (χ3n) is 3.57. The van der Waals surface area contributed by atoms with Gasteiger partial charge < -0.3 is 0 Å². The highest BCUT2D eigenvalue weighted by atomic mass is 32.2. The normalized spacial score (nSPS) is 26.3. The van der Waals surface area contributed by atoms with Gasteiger partial charge in [-0.15, -0.1) is 0 Å². The molecular weight excluding hydrogens is 178 g/mol. The van der Waals surface area contributed by atoms with Crippen LogP contribution >= 0.6 is 11.8 Å². The van der Waals surface area contributed by atoms with Crippen LogP contribution in [0.25, 0.3) is 0 Å². The molecule has 0 unspecified atom stereocenters. The van der Waals surface area contributed by atoms with Crippen LogP contribution in [0.3, 0.4) is 0 Å². The van der Waals surface area contributed by atoms with Crippen molar-refractivity contribution in [1.29, 1.82) is 0 Å². The van der Waals surface area contributed by atoms with E-state index in [4.69, 9.17) is 0 Å². The first-order valence-corrected chi connectivity index (χ1v) is 6.90. The van der Waals surface area contributed by atoms with Gasteiger partial charge in [0.25, 0.3) is 0 Å². The molecule has 0 atom stereocenters. The van der Waals surface area contributed by atoms with Gasteiger partial charge in [-0.2, -0.15) is 11.8 Å². The summed E-state index contributed by atoms with van der Waals surface area (Å²) >= 11 is 2.14. The highest BCUT2D eigenvalue weighted by Gasteiger charge is 2.29. The SMILES string of the molecule is CCN(C1CCC1)C1CCSCC1. The summed E-state index contributed by atoms with van der Waals surface area (Å²) in [5.74, 6) is 2.79. The molecular formula is C11H21NS. The number of hydrogen-bond acceptors (Lipinski definition) is 2. The molecule has 0 bridgehead atoms. The van der Waals surface area contributed by atoms with E-state index in [1.54, 1.807) is 0 Å². The number of nitrogens with zero attached hydrogens (tertiary/aromatic N) is 1. The zero-order chi connectivity index (χ0) is 9.10. The molecule has 0 aromatic carbocycles. The lowest BCUT2D eigenvalue weighted by molar-refractivity contribution is 0.0804. The highest BCUT2D eigenvalue weighted by molar-refractivity contribution is 7.99. The third kappa shape index (κ3) is 2.21. The van der Waals surface area contributed by atoms with E-state index in [9.17, 15) is 0 Å². The Balaban J connectivity index is 1.86. The number of thioether (sulfide) groups is 1. The van der Waals surface area contributed by atoms with Crippen molar-refractivity contribution in [2.45, 2.75) is 51.1 Å². The minimum Gasteiger partial charge on any atom is -0.298 e. The summed E-state index contributed by atoms with van der Waals surface area (Å²) in [6.45, 7) is 3.61. The molecule has 0 amide bonds. The minimum absolute atomic E-state index is 0.927. The van der Waals surface area contributed by atoms with Crippen molar-refractivity contribution in [3.8, 4) is 0 Å². The van der Waals surface area contributed by atoms with Crippen LogP contribution in [-0.4, -0.2) is 35.0 Å². The van der Waals surface area contributed by atoms with E-state index in [-0.39, 0.29) is 0 Å². The van der Waals surface area contributed by atoms with E-state index >= 15 is 0 Å². The third-order valence-corrected chi connectivity index (χ3v) is 4.62. The first kappa shape index (κ1) is 9.85. The molecule has 1 aliphatic heterocycles. The van der Waals surface area contributed by atoms with E-state index < -0.39 is 0 Å². The average molecular weight is 199 g/mol. The molecule has 0 aromatic rings. The second kappa shape index (κ2) is 4.70. The van der Waals surface area contributed by atoms with Gasteiger partial charge in [0.2, 0.25) is 0 Å². The van der Waals surface area contributed by atoms with E-state index in [1.165, 1.54) is 50.2 Å². The van der Waals surface area contributed by atoms with E-state index in [2.05, 4.69) is 23.6 Å². The molecule has 1 heterocycles. The van der Waals surface area contributed by atoms with Gasteiger partial charge in [-0.05, 0) is 43.7 Å². The monoisotopic (exact) mass is 199 g/mol. The lowest BCUT2D eigenvalue weighted by Crippen LogP contribution is -2.47. The maximum Gasteiger partial charge on any atom is 0.0114 e.